The monoisotopic (exact) mass is 444 g/mol. The number of hydrogen-bond donors (Lipinski definition) is 2. The number of halogens is 1. The van der Waals surface area contributed by atoms with E-state index in [1.807, 2.05) is 25.3 Å². The maximum atomic E-state index is 12.3. The van der Waals surface area contributed by atoms with Gasteiger partial charge in [0.05, 0.1) is 9.90 Å². The minimum atomic E-state index is -0.528. The zero-order valence-electron chi connectivity index (χ0n) is 14.0. The van der Waals surface area contributed by atoms with Crippen molar-refractivity contribution in [2.75, 3.05) is 6.54 Å². The number of amides is 1. The van der Waals surface area contributed by atoms with E-state index in [1.165, 1.54) is 6.33 Å². The highest BCUT2D eigenvalue weighted by molar-refractivity contribution is 14.1. The van der Waals surface area contributed by atoms with E-state index in [4.69, 9.17) is 4.74 Å². The molecule has 7 nitrogen and oxygen atoms in total. The van der Waals surface area contributed by atoms with Crippen LogP contribution in [0.25, 0.3) is 11.0 Å². The van der Waals surface area contributed by atoms with Crippen molar-refractivity contribution in [1.82, 2.24) is 19.9 Å². The Hall–Kier alpha value is -1.58. The summed E-state index contributed by atoms with van der Waals surface area (Å²) in [5.74, 6) is 0.479. The molecule has 0 radical (unpaired) electrons. The van der Waals surface area contributed by atoms with Crippen molar-refractivity contribution in [1.29, 1.82) is 0 Å². The number of H-pyrrole nitrogens is 1. The maximum absolute atomic E-state index is 12.3. The highest BCUT2D eigenvalue weighted by Crippen LogP contribution is 2.44. The largest absolute Gasteiger partial charge is 0.444 e. The molecule has 130 valence electrons. The highest BCUT2D eigenvalue weighted by Gasteiger charge is 2.32. The van der Waals surface area contributed by atoms with Crippen molar-refractivity contribution in [3.05, 3.63) is 25.9 Å². The van der Waals surface area contributed by atoms with Gasteiger partial charge in [-0.15, -0.1) is 0 Å². The lowest BCUT2D eigenvalue weighted by Gasteiger charge is -2.20. The number of aromatic nitrogens is 3. The van der Waals surface area contributed by atoms with Crippen molar-refractivity contribution in [3.63, 3.8) is 0 Å². The van der Waals surface area contributed by atoms with Crippen LogP contribution < -0.4 is 10.9 Å². The zero-order valence-corrected chi connectivity index (χ0v) is 16.1. The average molecular weight is 444 g/mol. The molecule has 8 heteroatoms. The molecule has 1 amide bonds. The van der Waals surface area contributed by atoms with Crippen molar-refractivity contribution < 1.29 is 9.53 Å². The summed E-state index contributed by atoms with van der Waals surface area (Å²) in [5.41, 5.74) is 1.79. The number of alkyl carbamates (subject to hydrolysis) is 1. The van der Waals surface area contributed by atoms with Crippen LogP contribution >= 0.6 is 22.6 Å². The van der Waals surface area contributed by atoms with Gasteiger partial charge in [-0.3, -0.25) is 4.79 Å². The smallest absolute Gasteiger partial charge is 0.407 e. The number of fused-ring (bicyclic) bond motifs is 1. The van der Waals surface area contributed by atoms with E-state index in [1.54, 1.807) is 0 Å². The first kappa shape index (κ1) is 17.2. The second-order valence-corrected chi connectivity index (χ2v) is 8.06. The van der Waals surface area contributed by atoms with E-state index < -0.39 is 11.7 Å². The first-order valence-corrected chi connectivity index (χ1v) is 9.08. The molecule has 2 aromatic rings. The maximum Gasteiger partial charge on any atom is 0.407 e. The summed E-state index contributed by atoms with van der Waals surface area (Å²) in [4.78, 5) is 31.0. The molecular weight excluding hydrogens is 423 g/mol. The molecule has 0 spiro atoms. The Morgan fingerprint density at radius 3 is 2.83 bits per heavy atom. The zero-order chi connectivity index (χ0) is 17.5. The standard InChI is InChI=1S/C16H21IN4O3/c1-16(2,3)24-15(23)18-6-7-21-12(9-4-5-9)10(17)11-13(21)14(22)20-8-19-11/h8-9H,4-7H2,1-3H3,(H,18,23)(H,19,20,22). The summed E-state index contributed by atoms with van der Waals surface area (Å²) in [6, 6.07) is 0. The predicted octanol–water partition coefficient (Wildman–Crippen LogP) is 2.73. The highest BCUT2D eigenvalue weighted by atomic mass is 127. The van der Waals surface area contributed by atoms with Crippen LogP contribution in [0.5, 0.6) is 0 Å². The summed E-state index contributed by atoms with van der Waals surface area (Å²) in [5, 5.41) is 2.75. The van der Waals surface area contributed by atoms with Crippen LogP contribution in [0.4, 0.5) is 4.79 Å². The van der Waals surface area contributed by atoms with Crippen molar-refractivity contribution >= 4 is 39.7 Å². The molecule has 0 aliphatic heterocycles. The van der Waals surface area contributed by atoms with Gasteiger partial charge in [-0.05, 0) is 56.2 Å². The average Bonchev–Trinajstić information content (AvgIpc) is 3.24. The molecule has 1 saturated carbocycles. The van der Waals surface area contributed by atoms with Crippen LogP contribution in [0, 0.1) is 3.57 Å². The Kier molecular flexibility index (Phi) is 4.58. The van der Waals surface area contributed by atoms with Gasteiger partial charge in [0.2, 0.25) is 0 Å². The molecule has 0 aromatic carbocycles. The van der Waals surface area contributed by atoms with Crippen molar-refractivity contribution in [2.24, 2.45) is 0 Å². The summed E-state index contributed by atoms with van der Waals surface area (Å²) in [7, 11) is 0. The Morgan fingerprint density at radius 2 is 2.21 bits per heavy atom. The van der Waals surface area contributed by atoms with Gasteiger partial charge in [0, 0.05) is 24.7 Å². The third kappa shape index (κ3) is 3.57. The molecule has 2 N–H and O–H groups in total. The van der Waals surface area contributed by atoms with E-state index >= 15 is 0 Å². The first-order chi connectivity index (χ1) is 11.3. The van der Waals surface area contributed by atoms with E-state index in [-0.39, 0.29) is 5.56 Å². The van der Waals surface area contributed by atoms with Gasteiger partial charge in [-0.25, -0.2) is 9.78 Å². The van der Waals surface area contributed by atoms with E-state index in [9.17, 15) is 9.59 Å². The summed E-state index contributed by atoms with van der Waals surface area (Å²) < 4.78 is 8.27. The van der Waals surface area contributed by atoms with Crippen LogP contribution in [0.15, 0.2) is 11.1 Å². The number of ether oxygens (including phenoxy) is 1. The van der Waals surface area contributed by atoms with Gasteiger partial charge >= 0.3 is 6.09 Å². The number of carbonyl (C=O) groups excluding carboxylic acids is 1. The molecular formula is C16H21IN4O3. The molecule has 2 heterocycles. The number of nitrogens with one attached hydrogen (secondary N) is 2. The molecule has 0 saturated heterocycles. The summed E-state index contributed by atoms with van der Waals surface area (Å²) >= 11 is 2.27. The second-order valence-electron chi connectivity index (χ2n) is 6.98. The molecule has 1 fully saturated rings. The lowest BCUT2D eigenvalue weighted by atomic mass is 10.2. The van der Waals surface area contributed by atoms with Gasteiger partial charge in [0.15, 0.2) is 0 Å². The number of nitrogens with zero attached hydrogens (tertiary/aromatic N) is 2. The van der Waals surface area contributed by atoms with Gasteiger partial charge in [0.25, 0.3) is 5.56 Å². The SMILES string of the molecule is CC(C)(C)OC(=O)NCCn1c(C2CC2)c(I)c2nc[nH]c(=O)c21. The topological polar surface area (TPSA) is 89.0 Å². The van der Waals surface area contributed by atoms with E-state index in [2.05, 4.69) is 37.9 Å². The van der Waals surface area contributed by atoms with Gasteiger partial charge in [-0.2, -0.15) is 0 Å². The molecule has 1 aliphatic carbocycles. The number of hydrogen-bond acceptors (Lipinski definition) is 4. The van der Waals surface area contributed by atoms with Gasteiger partial charge in [-0.1, -0.05) is 0 Å². The minimum absolute atomic E-state index is 0.151. The predicted molar refractivity (Wildman–Crippen MR) is 99.3 cm³/mol. The molecule has 0 unspecified atom stereocenters. The quantitative estimate of drug-likeness (QED) is 0.710. The fourth-order valence-electron chi connectivity index (χ4n) is 2.74. The minimum Gasteiger partial charge on any atom is -0.444 e. The van der Waals surface area contributed by atoms with Crippen molar-refractivity contribution in [2.45, 2.75) is 51.7 Å². The first-order valence-electron chi connectivity index (χ1n) is 8.00. The number of rotatable bonds is 4. The lowest BCUT2D eigenvalue weighted by molar-refractivity contribution is 0.0526. The van der Waals surface area contributed by atoms with Crippen molar-refractivity contribution in [3.8, 4) is 0 Å². The third-order valence-corrected chi connectivity index (χ3v) is 4.85. The Bertz CT molecular complexity index is 830. The van der Waals surface area contributed by atoms with Crippen LogP contribution in [0.1, 0.15) is 45.2 Å². The molecule has 0 bridgehead atoms. The lowest BCUT2D eigenvalue weighted by Crippen LogP contribution is -2.34. The van der Waals surface area contributed by atoms with Crippen LogP contribution in [0.2, 0.25) is 0 Å². The summed E-state index contributed by atoms with van der Waals surface area (Å²) in [6.45, 7) is 6.38. The van der Waals surface area contributed by atoms with Gasteiger partial charge < -0.3 is 19.6 Å². The van der Waals surface area contributed by atoms with Crippen LogP contribution in [0.3, 0.4) is 0 Å². The molecule has 1 aliphatic rings. The van der Waals surface area contributed by atoms with Crippen LogP contribution in [-0.2, 0) is 11.3 Å². The van der Waals surface area contributed by atoms with Gasteiger partial charge in [0.1, 0.15) is 16.6 Å². The molecule has 2 aromatic heterocycles. The Morgan fingerprint density at radius 1 is 1.50 bits per heavy atom. The molecule has 3 rings (SSSR count). The van der Waals surface area contributed by atoms with E-state index in [0.717, 1.165) is 27.6 Å². The fraction of sp³-hybridized carbons (Fsp3) is 0.562. The van der Waals surface area contributed by atoms with E-state index in [0.29, 0.717) is 24.5 Å². The van der Waals surface area contributed by atoms with Crippen LogP contribution in [-0.4, -0.2) is 32.8 Å². The normalized spacial score (nSPS) is 14.8. The Labute approximate surface area is 153 Å². The number of carbonyl (C=O) groups is 1. The fourth-order valence-corrected chi connectivity index (χ4v) is 3.86. The molecule has 24 heavy (non-hydrogen) atoms. The second kappa shape index (κ2) is 6.38. The third-order valence-electron chi connectivity index (χ3n) is 3.79. The molecule has 0 atom stereocenters. The Balaban J connectivity index is 1.83. The number of aromatic amines is 1. The summed E-state index contributed by atoms with van der Waals surface area (Å²) in [6.07, 6.45) is 3.24.